The summed E-state index contributed by atoms with van der Waals surface area (Å²) in [6, 6.07) is 8.37. The van der Waals surface area contributed by atoms with Crippen LogP contribution < -0.4 is 10.6 Å². The predicted molar refractivity (Wildman–Crippen MR) is 85.4 cm³/mol. The Morgan fingerprint density at radius 1 is 1.21 bits per heavy atom. The van der Waals surface area contributed by atoms with E-state index in [1.54, 1.807) is 30.3 Å². The second-order valence-corrected chi connectivity index (χ2v) is 4.87. The Hall–Kier alpha value is -3.42. The number of oxazole rings is 1. The summed E-state index contributed by atoms with van der Waals surface area (Å²) in [4.78, 5) is 31.6. The van der Waals surface area contributed by atoms with E-state index in [0.717, 1.165) is 0 Å². The molecule has 2 N–H and O–H groups in total. The molecule has 0 aliphatic heterocycles. The number of benzene rings is 1. The van der Waals surface area contributed by atoms with Gasteiger partial charge in [-0.25, -0.2) is 9.78 Å². The van der Waals surface area contributed by atoms with E-state index in [0.29, 0.717) is 28.0 Å². The molecule has 0 saturated heterocycles. The summed E-state index contributed by atoms with van der Waals surface area (Å²) >= 11 is 0. The van der Waals surface area contributed by atoms with Gasteiger partial charge < -0.3 is 19.8 Å². The smallest absolute Gasteiger partial charge is 0.407 e. The van der Waals surface area contributed by atoms with Crippen LogP contribution in [0.4, 0.5) is 10.5 Å². The normalized spacial score (nSPS) is 10.4. The molecule has 0 atom stereocenters. The van der Waals surface area contributed by atoms with Crippen molar-refractivity contribution in [3.8, 4) is 0 Å². The Morgan fingerprint density at radius 3 is 2.92 bits per heavy atom. The first-order chi connectivity index (χ1) is 11.7. The number of hydrogen-bond donors (Lipinski definition) is 2. The van der Waals surface area contributed by atoms with Crippen LogP contribution in [-0.2, 0) is 11.3 Å². The van der Waals surface area contributed by atoms with Crippen molar-refractivity contribution < 1.29 is 18.7 Å². The highest BCUT2D eigenvalue weighted by molar-refractivity contribution is 6.04. The summed E-state index contributed by atoms with van der Waals surface area (Å²) in [5.74, 6) is -0.292. The van der Waals surface area contributed by atoms with Crippen LogP contribution in [0.3, 0.4) is 0 Å². The number of pyridine rings is 1. The van der Waals surface area contributed by atoms with Crippen molar-refractivity contribution >= 4 is 28.8 Å². The third-order valence-corrected chi connectivity index (χ3v) is 3.27. The Bertz CT molecular complexity index is 890. The van der Waals surface area contributed by atoms with Crippen LogP contribution in [0, 0.1) is 0 Å². The lowest BCUT2D eigenvalue weighted by atomic mass is 10.2. The number of anilines is 1. The van der Waals surface area contributed by atoms with Crippen molar-refractivity contribution in [2.45, 2.75) is 6.54 Å². The summed E-state index contributed by atoms with van der Waals surface area (Å²) in [5, 5.41) is 5.29. The molecule has 1 aromatic carbocycles. The number of amides is 2. The number of aromatic nitrogens is 2. The van der Waals surface area contributed by atoms with Crippen LogP contribution in [0.25, 0.3) is 11.1 Å². The zero-order chi connectivity index (χ0) is 16.9. The monoisotopic (exact) mass is 326 g/mol. The molecule has 2 amide bonds. The zero-order valence-corrected chi connectivity index (χ0v) is 12.8. The van der Waals surface area contributed by atoms with Gasteiger partial charge in [0.2, 0.25) is 0 Å². The van der Waals surface area contributed by atoms with Crippen LogP contribution >= 0.6 is 0 Å². The molecule has 8 heteroatoms. The minimum atomic E-state index is -0.562. The first-order valence-electron chi connectivity index (χ1n) is 7.07. The molecule has 0 aliphatic rings. The van der Waals surface area contributed by atoms with E-state index in [1.807, 2.05) is 0 Å². The summed E-state index contributed by atoms with van der Waals surface area (Å²) in [6.45, 7) is 0.165. The third kappa shape index (κ3) is 3.49. The number of alkyl carbamates (subject to hydrolysis) is 1. The molecule has 0 unspecified atom stereocenters. The maximum atomic E-state index is 12.3. The van der Waals surface area contributed by atoms with E-state index >= 15 is 0 Å². The lowest BCUT2D eigenvalue weighted by Crippen LogP contribution is -2.23. The van der Waals surface area contributed by atoms with Crippen LogP contribution in [-0.4, -0.2) is 29.1 Å². The number of rotatable bonds is 4. The van der Waals surface area contributed by atoms with Gasteiger partial charge in [0.05, 0.1) is 19.3 Å². The highest BCUT2D eigenvalue weighted by Gasteiger charge is 2.09. The van der Waals surface area contributed by atoms with Gasteiger partial charge in [0.1, 0.15) is 5.52 Å². The molecule has 0 radical (unpaired) electrons. The summed E-state index contributed by atoms with van der Waals surface area (Å²) in [7, 11) is 1.28. The van der Waals surface area contributed by atoms with E-state index in [1.165, 1.54) is 19.7 Å². The molecule has 3 aromatic rings. The lowest BCUT2D eigenvalue weighted by Gasteiger charge is -2.07. The highest BCUT2D eigenvalue weighted by Crippen LogP contribution is 2.18. The summed E-state index contributed by atoms with van der Waals surface area (Å²) < 4.78 is 9.64. The van der Waals surface area contributed by atoms with Crippen molar-refractivity contribution in [1.29, 1.82) is 0 Å². The van der Waals surface area contributed by atoms with Crippen LogP contribution in [0.5, 0.6) is 0 Å². The van der Waals surface area contributed by atoms with Gasteiger partial charge >= 0.3 is 6.09 Å². The number of carbonyl (C=O) groups is 2. The van der Waals surface area contributed by atoms with Crippen LogP contribution in [0.2, 0.25) is 0 Å². The SMILES string of the molecule is COC(=O)NCc1cc(C(=O)Nc2ccc3ocnc3c2)ccn1. The van der Waals surface area contributed by atoms with Crippen molar-refractivity contribution in [3.05, 3.63) is 54.2 Å². The Labute approximate surface area is 136 Å². The summed E-state index contributed by atoms with van der Waals surface area (Å²) in [5.41, 5.74) is 2.87. The number of methoxy groups -OCH3 is 1. The molecule has 0 spiro atoms. The third-order valence-electron chi connectivity index (χ3n) is 3.27. The molecule has 0 saturated carbocycles. The lowest BCUT2D eigenvalue weighted by molar-refractivity contribution is 0.102. The average molecular weight is 326 g/mol. The van der Waals surface area contributed by atoms with Gasteiger partial charge in [0, 0.05) is 17.4 Å². The molecule has 122 valence electrons. The quantitative estimate of drug-likeness (QED) is 0.762. The molecule has 24 heavy (non-hydrogen) atoms. The zero-order valence-electron chi connectivity index (χ0n) is 12.8. The molecule has 0 fully saturated rings. The second-order valence-electron chi connectivity index (χ2n) is 4.87. The number of carbonyl (C=O) groups excluding carboxylic acids is 2. The number of hydrogen-bond acceptors (Lipinski definition) is 6. The number of ether oxygens (including phenoxy) is 1. The average Bonchev–Trinajstić information content (AvgIpc) is 3.07. The topological polar surface area (TPSA) is 106 Å². The molecule has 8 nitrogen and oxygen atoms in total. The fourth-order valence-electron chi connectivity index (χ4n) is 2.09. The Kier molecular flexibility index (Phi) is 4.37. The number of nitrogens with one attached hydrogen (secondary N) is 2. The fourth-order valence-corrected chi connectivity index (χ4v) is 2.09. The van der Waals surface area contributed by atoms with E-state index in [9.17, 15) is 9.59 Å². The minimum absolute atomic E-state index is 0.165. The van der Waals surface area contributed by atoms with Gasteiger partial charge in [-0.1, -0.05) is 0 Å². The van der Waals surface area contributed by atoms with Gasteiger partial charge in [0.25, 0.3) is 5.91 Å². The summed E-state index contributed by atoms with van der Waals surface area (Å²) in [6.07, 6.45) is 2.29. The van der Waals surface area contributed by atoms with E-state index in [-0.39, 0.29) is 12.5 Å². The van der Waals surface area contributed by atoms with Crippen molar-refractivity contribution in [2.75, 3.05) is 12.4 Å². The number of nitrogens with zero attached hydrogens (tertiary/aromatic N) is 2. The van der Waals surface area contributed by atoms with E-state index < -0.39 is 6.09 Å². The Morgan fingerprint density at radius 2 is 2.08 bits per heavy atom. The maximum absolute atomic E-state index is 12.3. The molecule has 2 aromatic heterocycles. The Balaban J connectivity index is 1.71. The first kappa shape index (κ1) is 15.5. The largest absolute Gasteiger partial charge is 0.453 e. The predicted octanol–water partition coefficient (Wildman–Crippen LogP) is 2.33. The highest BCUT2D eigenvalue weighted by atomic mass is 16.5. The standard InChI is InChI=1S/C16H14N4O4/c1-23-16(22)18-8-12-6-10(4-5-17-12)15(21)20-11-2-3-14-13(7-11)19-9-24-14/h2-7,9H,8H2,1H3,(H,18,22)(H,20,21). The molecular formula is C16H14N4O4. The van der Waals surface area contributed by atoms with Gasteiger partial charge in [0.15, 0.2) is 12.0 Å². The number of fused-ring (bicyclic) bond motifs is 1. The molecule has 2 heterocycles. The maximum Gasteiger partial charge on any atom is 0.407 e. The van der Waals surface area contributed by atoms with Crippen molar-refractivity contribution in [2.24, 2.45) is 0 Å². The van der Waals surface area contributed by atoms with E-state index in [4.69, 9.17) is 4.42 Å². The molecule has 3 rings (SSSR count). The van der Waals surface area contributed by atoms with Gasteiger partial charge in [-0.15, -0.1) is 0 Å². The van der Waals surface area contributed by atoms with Crippen molar-refractivity contribution in [3.63, 3.8) is 0 Å². The molecule has 0 aliphatic carbocycles. The second kappa shape index (κ2) is 6.78. The van der Waals surface area contributed by atoms with Gasteiger partial charge in [-0.3, -0.25) is 9.78 Å². The first-order valence-corrected chi connectivity index (χ1v) is 7.07. The molecule has 0 bridgehead atoms. The van der Waals surface area contributed by atoms with Gasteiger partial charge in [-0.05, 0) is 30.3 Å². The minimum Gasteiger partial charge on any atom is -0.453 e. The van der Waals surface area contributed by atoms with Crippen molar-refractivity contribution in [1.82, 2.24) is 15.3 Å². The van der Waals surface area contributed by atoms with E-state index in [2.05, 4.69) is 25.3 Å². The fraction of sp³-hybridized carbons (Fsp3) is 0.125. The van der Waals surface area contributed by atoms with Crippen LogP contribution in [0.1, 0.15) is 16.1 Å². The molecular weight excluding hydrogens is 312 g/mol. The van der Waals surface area contributed by atoms with Crippen LogP contribution in [0.15, 0.2) is 47.3 Å². The van der Waals surface area contributed by atoms with Gasteiger partial charge in [-0.2, -0.15) is 0 Å².